The molecule has 1 amide bonds. The second-order valence-corrected chi connectivity index (χ2v) is 7.52. The number of anilines is 1. The van der Waals surface area contributed by atoms with E-state index < -0.39 is 0 Å². The van der Waals surface area contributed by atoms with Crippen LogP contribution in [0.2, 0.25) is 0 Å². The summed E-state index contributed by atoms with van der Waals surface area (Å²) < 4.78 is 11.6. The van der Waals surface area contributed by atoms with Gasteiger partial charge >= 0.3 is 0 Å². The highest BCUT2D eigenvalue weighted by Crippen LogP contribution is 2.33. The molecule has 0 saturated heterocycles. The number of para-hydroxylation sites is 1. The topological polar surface area (TPSA) is 64.4 Å². The van der Waals surface area contributed by atoms with Crippen LogP contribution < -0.4 is 10.1 Å². The van der Waals surface area contributed by atoms with Crippen LogP contribution in [0.3, 0.4) is 0 Å². The molecule has 0 aliphatic rings. The van der Waals surface area contributed by atoms with Crippen LogP contribution in [0.1, 0.15) is 12.5 Å². The number of oxazole rings is 1. The van der Waals surface area contributed by atoms with Gasteiger partial charge in [0.15, 0.2) is 5.58 Å². The Morgan fingerprint density at radius 3 is 2.61 bits per heavy atom. The van der Waals surface area contributed by atoms with E-state index in [9.17, 15) is 4.79 Å². The molecule has 162 valence electrons. The van der Waals surface area contributed by atoms with Crippen molar-refractivity contribution in [3.8, 4) is 17.2 Å². The average Bonchev–Trinajstić information content (AvgIpc) is 3.29. The van der Waals surface area contributed by atoms with E-state index in [-0.39, 0.29) is 5.91 Å². The summed E-state index contributed by atoms with van der Waals surface area (Å²) in [7, 11) is 0. The first-order chi connectivity index (χ1) is 16.2. The fourth-order valence-electron chi connectivity index (χ4n) is 3.74. The van der Waals surface area contributed by atoms with E-state index in [1.165, 1.54) is 6.08 Å². The van der Waals surface area contributed by atoms with E-state index in [0.717, 1.165) is 38.7 Å². The standard InChI is InChI=1S/C28H22N2O3/c1-2-32-21-15-11-19(12-16-21)13-18-26(31)29-24-10-6-5-9-23(24)28-30-25-17-14-20-7-3-4-8-22(20)27(25)33-28/h3-18H,2H2,1H3,(H,29,31). The molecule has 5 aromatic rings. The number of nitrogens with zero attached hydrogens (tertiary/aromatic N) is 1. The van der Waals surface area contributed by atoms with Crippen LogP contribution in [0.15, 0.2) is 95.4 Å². The molecule has 0 saturated carbocycles. The summed E-state index contributed by atoms with van der Waals surface area (Å²) in [5.41, 5.74) is 3.78. The summed E-state index contributed by atoms with van der Waals surface area (Å²) >= 11 is 0. The Balaban J connectivity index is 1.40. The minimum atomic E-state index is -0.238. The Morgan fingerprint density at radius 2 is 1.76 bits per heavy atom. The third-order valence-electron chi connectivity index (χ3n) is 5.31. The number of amides is 1. The predicted molar refractivity (Wildman–Crippen MR) is 132 cm³/mol. The first kappa shape index (κ1) is 20.5. The van der Waals surface area contributed by atoms with Gasteiger partial charge in [-0.15, -0.1) is 0 Å². The van der Waals surface area contributed by atoms with Gasteiger partial charge in [0, 0.05) is 11.5 Å². The number of hydrogen-bond donors (Lipinski definition) is 1. The zero-order valence-electron chi connectivity index (χ0n) is 18.1. The van der Waals surface area contributed by atoms with Gasteiger partial charge in [-0.25, -0.2) is 4.98 Å². The fraction of sp³-hybridized carbons (Fsp3) is 0.0714. The zero-order valence-corrected chi connectivity index (χ0v) is 18.1. The lowest BCUT2D eigenvalue weighted by Crippen LogP contribution is -2.08. The summed E-state index contributed by atoms with van der Waals surface area (Å²) in [5.74, 6) is 1.03. The van der Waals surface area contributed by atoms with Crippen molar-refractivity contribution in [2.75, 3.05) is 11.9 Å². The maximum absolute atomic E-state index is 12.6. The normalized spacial score (nSPS) is 11.3. The number of carbonyl (C=O) groups excluding carboxylic acids is 1. The predicted octanol–water partition coefficient (Wildman–Crippen LogP) is 6.70. The minimum absolute atomic E-state index is 0.238. The third kappa shape index (κ3) is 4.34. The molecule has 5 heteroatoms. The highest BCUT2D eigenvalue weighted by molar-refractivity contribution is 6.05. The highest BCUT2D eigenvalue weighted by atomic mass is 16.5. The number of carbonyl (C=O) groups is 1. The SMILES string of the molecule is CCOc1ccc(C=CC(=O)Nc2ccccc2-c2nc3ccc4ccccc4c3o2)cc1. The van der Waals surface area contributed by atoms with Gasteiger partial charge < -0.3 is 14.5 Å². The maximum Gasteiger partial charge on any atom is 0.248 e. The largest absolute Gasteiger partial charge is 0.494 e. The van der Waals surface area contributed by atoms with Crippen LogP contribution in [0.4, 0.5) is 5.69 Å². The Morgan fingerprint density at radius 1 is 0.970 bits per heavy atom. The first-order valence-corrected chi connectivity index (χ1v) is 10.8. The van der Waals surface area contributed by atoms with Gasteiger partial charge in [-0.1, -0.05) is 54.6 Å². The van der Waals surface area contributed by atoms with Gasteiger partial charge in [0.05, 0.1) is 17.9 Å². The molecular formula is C28H22N2O3. The molecule has 0 atom stereocenters. The first-order valence-electron chi connectivity index (χ1n) is 10.8. The number of benzene rings is 4. The van der Waals surface area contributed by atoms with Gasteiger partial charge in [-0.05, 0) is 54.3 Å². The van der Waals surface area contributed by atoms with Gasteiger partial charge in [0.25, 0.3) is 0 Å². The van der Waals surface area contributed by atoms with E-state index in [2.05, 4.69) is 10.3 Å². The number of hydrogen-bond acceptors (Lipinski definition) is 4. The van der Waals surface area contributed by atoms with E-state index in [1.54, 1.807) is 6.08 Å². The molecule has 0 fully saturated rings. The summed E-state index contributed by atoms with van der Waals surface area (Å²) in [4.78, 5) is 17.3. The molecule has 33 heavy (non-hydrogen) atoms. The quantitative estimate of drug-likeness (QED) is 0.302. The Bertz CT molecular complexity index is 1470. The maximum atomic E-state index is 12.6. The lowest BCUT2D eigenvalue weighted by Gasteiger charge is -2.07. The zero-order chi connectivity index (χ0) is 22.6. The molecule has 5 rings (SSSR count). The van der Waals surface area contributed by atoms with Crippen LogP contribution in [-0.4, -0.2) is 17.5 Å². The van der Waals surface area contributed by atoms with Crippen molar-refractivity contribution >= 4 is 39.5 Å². The van der Waals surface area contributed by atoms with Crippen molar-refractivity contribution < 1.29 is 13.9 Å². The van der Waals surface area contributed by atoms with Crippen LogP contribution in [0.25, 0.3) is 39.4 Å². The van der Waals surface area contributed by atoms with Gasteiger partial charge in [-0.3, -0.25) is 4.79 Å². The molecular weight excluding hydrogens is 412 g/mol. The van der Waals surface area contributed by atoms with E-state index in [1.807, 2.05) is 91.9 Å². The number of nitrogens with one attached hydrogen (secondary N) is 1. The minimum Gasteiger partial charge on any atom is -0.494 e. The lowest BCUT2D eigenvalue weighted by atomic mass is 10.1. The lowest BCUT2D eigenvalue weighted by molar-refractivity contribution is -0.111. The number of rotatable bonds is 6. The summed E-state index contributed by atoms with van der Waals surface area (Å²) in [6.07, 6.45) is 3.27. The van der Waals surface area contributed by atoms with Crippen molar-refractivity contribution in [3.63, 3.8) is 0 Å². The molecule has 1 heterocycles. The van der Waals surface area contributed by atoms with E-state index in [4.69, 9.17) is 9.15 Å². The molecule has 0 unspecified atom stereocenters. The van der Waals surface area contributed by atoms with Crippen LogP contribution in [0, 0.1) is 0 Å². The molecule has 4 aromatic carbocycles. The molecule has 5 nitrogen and oxygen atoms in total. The van der Waals surface area contributed by atoms with E-state index >= 15 is 0 Å². The van der Waals surface area contributed by atoms with Gasteiger partial charge in [0.2, 0.25) is 11.8 Å². The smallest absolute Gasteiger partial charge is 0.248 e. The number of fused-ring (bicyclic) bond motifs is 3. The van der Waals surface area contributed by atoms with Crippen LogP contribution >= 0.6 is 0 Å². The molecule has 0 spiro atoms. The highest BCUT2D eigenvalue weighted by Gasteiger charge is 2.14. The van der Waals surface area contributed by atoms with Crippen molar-refractivity contribution in [1.82, 2.24) is 4.98 Å². The van der Waals surface area contributed by atoms with Crippen molar-refractivity contribution in [3.05, 3.63) is 96.6 Å². The Kier molecular flexibility index (Phi) is 5.60. The number of ether oxygens (including phenoxy) is 1. The second-order valence-electron chi connectivity index (χ2n) is 7.52. The fourth-order valence-corrected chi connectivity index (χ4v) is 3.74. The summed E-state index contributed by atoms with van der Waals surface area (Å²) in [6, 6.07) is 27.1. The van der Waals surface area contributed by atoms with Crippen molar-refractivity contribution in [2.24, 2.45) is 0 Å². The average molecular weight is 434 g/mol. The van der Waals surface area contributed by atoms with Gasteiger partial charge in [-0.2, -0.15) is 0 Å². The monoisotopic (exact) mass is 434 g/mol. The molecule has 0 aliphatic heterocycles. The molecule has 0 aliphatic carbocycles. The third-order valence-corrected chi connectivity index (χ3v) is 5.31. The van der Waals surface area contributed by atoms with Crippen LogP contribution in [-0.2, 0) is 4.79 Å². The second kappa shape index (κ2) is 9.01. The van der Waals surface area contributed by atoms with Crippen LogP contribution in [0.5, 0.6) is 5.75 Å². The Labute approximate surface area is 191 Å². The summed E-state index contributed by atoms with van der Waals surface area (Å²) in [5, 5.41) is 5.04. The Hall–Kier alpha value is -4.38. The molecule has 1 N–H and O–H groups in total. The van der Waals surface area contributed by atoms with Gasteiger partial charge in [0.1, 0.15) is 11.3 Å². The molecule has 0 radical (unpaired) electrons. The van der Waals surface area contributed by atoms with Crippen molar-refractivity contribution in [2.45, 2.75) is 6.92 Å². The number of aromatic nitrogens is 1. The molecule has 1 aromatic heterocycles. The van der Waals surface area contributed by atoms with Crippen molar-refractivity contribution in [1.29, 1.82) is 0 Å². The van der Waals surface area contributed by atoms with E-state index in [0.29, 0.717) is 18.2 Å². The molecule has 0 bridgehead atoms. The summed E-state index contributed by atoms with van der Waals surface area (Å²) in [6.45, 7) is 2.56.